The first-order valence-electron chi connectivity index (χ1n) is 4.11. The molecule has 4 nitrogen and oxygen atoms in total. The molecule has 0 aliphatic heterocycles. The molecule has 13 heavy (non-hydrogen) atoms. The van der Waals surface area contributed by atoms with E-state index in [1.54, 1.807) is 19.4 Å². The van der Waals surface area contributed by atoms with Crippen molar-refractivity contribution in [2.24, 2.45) is 0 Å². The minimum Gasteiger partial charge on any atom is -0.352 e. The van der Waals surface area contributed by atoms with Gasteiger partial charge in [-0.15, -0.1) is 0 Å². The first-order valence-corrected chi connectivity index (χ1v) is 4.11. The van der Waals surface area contributed by atoms with Gasteiger partial charge >= 0.3 is 0 Å². The van der Waals surface area contributed by atoms with Gasteiger partial charge in [0.05, 0.1) is 6.33 Å². The van der Waals surface area contributed by atoms with Crippen molar-refractivity contribution in [3.63, 3.8) is 0 Å². The molecule has 0 aliphatic rings. The topological polar surface area (TPSA) is 57.8 Å². The fourth-order valence-electron chi connectivity index (χ4n) is 0.883. The Labute approximate surface area is 77.1 Å². The lowest BCUT2D eigenvalue weighted by atomic mass is 10.3. The van der Waals surface area contributed by atoms with Gasteiger partial charge in [0, 0.05) is 30.4 Å². The summed E-state index contributed by atoms with van der Waals surface area (Å²) in [6.07, 6.45) is 4.13. The number of nitrogens with one attached hydrogen (secondary N) is 2. The lowest BCUT2D eigenvalue weighted by Crippen LogP contribution is -2.25. The number of carbonyl (C=O) groups is 1. The normalized spacial score (nSPS) is 9.62. The molecule has 0 atom stereocenters. The molecule has 2 N–H and O–H groups in total. The third-order valence-electron chi connectivity index (χ3n) is 1.62. The molecule has 4 heteroatoms. The zero-order chi connectivity index (χ0) is 9.68. The molecule has 1 heterocycles. The molecule has 0 saturated carbocycles. The molecular weight excluding hydrogens is 166 g/mol. The maximum Gasteiger partial charge on any atom is 0.246 e. The van der Waals surface area contributed by atoms with E-state index in [2.05, 4.69) is 21.9 Å². The van der Waals surface area contributed by atoms with Crippen LogP contribution in [0.15, 0.2) is 24.7 Å². The molecule has 1 amide bonds. The second-order valence-electron chi connectivity index (χ2n) is 2.86. The van der Waals surface area contributed by atoms with Gasteiger partial charge in [-0.05, 0) is 6.92 Å². The summed E-state index contributed by atoms with van der Waals surface area (Å²) in [7, 11) is 0. The second kappa shape index (κ2) is 4.45. The number of nitrogens with zero attached hydrogens (tertiary/aromatic N) is 1. The largest absolute Gasteiger partial charge is 0.352 e. The number of carbonyl (C=O) groups excluding carboxylic acids is 1. The van der Waals surface area contributed by atoms with E-state index in [1.165, 1.54) is 0 Å². The number of imidazole rings is 1. The first-order chi connectivity index (χ1) is 6.20. The Balaban J connectivity index is 2.22. The van der Waals surface area contributed by atoms with Gasteiger partial charge in [0.15, 0.2) is 0 Å². The van der Waals surface area contributed by atoms with Crippen molar-refractivity contribution in [3.8, 4) is 0 Å². The van der Waals surface area contributed by atoms with Crippen LogP contribution in [-0.4, -0.2) is 22.4 Å². The highest BCUT2D eigenvalue weighted by Gasteiger charge is 2.00. The smallest absolute Gasteiger partial charge is 0.246 e. The van der Waals surface area contributed by atoms with E-state index in [1.807, 2.05) is 0 Å². The van der Waals surface area contributed by atoms with Gasteiger partial charge in [0.25, 0.3) is 0 Å². The number of amides is 1. The van der Waals surface area contributed by atoms with Gasteiger partial charge < -0.3 is 10.3 Å². The van der Waals surface area contributed by atoms with E-state index in [9.17, 15) is 4.79 Å². The van der Waals surface area contributed by atoms with Crippen molar-refractivity contribution in [3.05, 3.63) is 30.4 Å². The van der Waals surface area contributed by atoms with E-state index in [-0.39, 0.29) is 5.91 Å². The summed E-state index contributed by atoms with van der Waals surface area (Å²) >= 11 is 0. The van der Waals surface area contributed by atoms with E-state index in [0.29, 0.717) is 12.1 Å². The maximum atomic E-state index is 11.0. The molecule has 0 aromatic carbocycles. The number of rotatable bonds is 4. The average Bonchev–Trinajstić information content (AvgIpc) is 2.56. The summed E-state index contributed by atoms with van der Waals surface area (Å²) in [5.41, 5.74) is 1.55. The minimum absolute atomic E-state index is 0.0977. The van der Waals surface area contributed by atoms with Crippen LogP contribution >= 0.6 is 0 Å². The molecule has 0 saturated heterocycles. The highest BCUT2D eigenvalue weighted by atomic mass is 16.1. The Morgan fingerprint density at radius 2 is 2.54 bits per heavy atom. The summed E-state index contributed by atoms with van der Waals surface area (Å²) in [6.45, 7) is 5.83. The summed E-state index contributed by atoms with van der Waals surface area (Å²) in [4.78, 5) is 17.9. The summed E-state index contributed by atoms with van der Waals surface area (Å²) in [5, 5.41) is 2.73. The van der Waals surface area contributed by atoms with Crippen LogP contribution in [0, 0.1) is 0 Å². The van der Waals surface area contributed by atoms with Crippen LogP contribution < -0.4 is 5.32 Å². The number of H-pyrrole nitrogens is 1. The van der Waals surface area contributed by atoms with Gasteiger partial charge in [-0.2, -0.15) is 0 Å². The highest BCUT2D eigenvalue weighted by Crippen LogP contribution is 1.91. The van der Waals surface area contributed by atoms with Crippen LogP contribution in [0.4, 0.5) is 0 Å². The molecule has 70 valence electrons. The van der Waals surface area contributed by atoms with Gasteiger partial charge in [-0.3, -0.25) is 4.79 Å². The fourth-order valence-corrected chi connectivity index (χ4v) is 0.883. The van der Waals surface area contributed by atoms with Crippen LogP contribution in [0.2, 0.25) is 0 Å². The molecule has 0 aliphatic carbocycles. The standard InChI is InChI=1S/C9H13N3O/c1-7(2)9(13)11-4-3-8-5-10-6-12-8/h5-6H,1,3-4H2,2H3,(H,10,12)(H,11,13). The molecule has 1 aromatic heterocycles. The average molecular weight is 179 g/mol. The quantitative estimate of drug-likeness (QED) is 0.666. The van der Waals surface area contributed by atoms with E-state index < -0.39 is 0 Å². The molecule has 0 unspecified atom stereocenters. The predicted molar refractivity (Wildman–Crippen MR) is 50.1 cm³/mol. The van der Waals surface area contributed by atoms with Crippen LogP contribution in [0.1, 0.15) is 12.6 Å². The van der Waals surface area contributed by atoms with Crippen molar-refractivity contribution < 1.29 is 4.79 Å². The van der Waals surface area contributed by atoms with E-state index >= 15 is 0 Å². The van der Waals surface area contributed by atoms with Crippen LogP contribution in [0.3, 0.4) is 0 Å². The maximum absolute atomic E-state index is 11.0. The van der Waals surface area contributed by atoms with Crippen molar-refractivity contribution in [2.75, 3.05) is 6.54 Å². The summed E-state index contributed by atoms with van der Waals surface area (Å²) < 4.78 is 0. The number of hydrogen-bond acceptors (Lipinski definition) is 2. The zero-order valence-corrected chi connectivity index (χ0v) is 7.63. The van der Waals surface area contributed by atoms with Crippen molar-refractivity contribution in [2.45, 2.75) is 13.3 Å². The Bertz CT molecular complexity index is 290. The molecular formula is C9H13N3O. The van der Waals surface area contributed by atoms with Gasteiger partial charge in [0.2, 0.25) is 5.91 Å². The van der Waals surface area contributed by atoms with Crippen molar-refractivity contribution in [1.82, 2.24) is 15.3 Å². The first kappa shape index (κ1) is 9.51. The van der Waals surface area contributed by atoms with Crippen LogP contribution in [0.25, 0.3) is 0 Å². The van der Waals surface area contributed by atoms with Gasteiger partial charge in [0.1, 0.15) is 0 Å². The van der Waals surface area contributed by atoms with Crippen molar-refractivity contribution in [1.29, 1.82) is 0 Å². The molecule has 0 fully saturated rings. The molecule has 1 rings (SSSR count). The molecule has 0 bridgehead atoms. The predicted octanol–water partition coefficient (Wildman–Crippen LogP) is 0.644. The number of aromatic nitrogens is 2. The third-order valence-corrected chi connectivity index (χ3v) is 1.62. The Morgan fingerprint density at radius 3 is 3.08 bits per heavy atom. The minimum atomic E-state index is -0.0977. The summed E-state index contributed by atoms with van der Waals surface area (Å²) in [6, 6.07) is 0. The molecule has 0 spiro atoms. The van der Waals surface area contributed by atoms with E-state index in [0.717, 1.165) is 12.1 Å². The third kappa shape index (κ3) is 3.11. The monoisotopic (exact) mass is 179 g/mol. The summed E-state index contributed by atoms with van der Waals surface area (Å²) in [5.74, 6) is -0.0977. The van der Waals surface area contributed by atoms with E-state index in [4.69, 9.17) is 0 Å². The second-order valence-corrected chi connectivity index (χ2v) is 2.86. The fraction of sp³-hybridized carbons (Fsp3) is 0.333. The SMILES string of the molecule is C=C(C)C(=O)NCCc1cnc[nH]1. The number of aromatic amines is 1. The highest BCUT2D eigenvalue weighted by molar-refractivity contribution is 5.92. The lowest BCUT2D eigenvalue weighted by molar-refractivity contribution is -0.117. The van der Waals surface area contributed by atoms with Gasteiger partial charge in [-0.25, -0.2) is 4.98 Å². The van der Waals surface area contributed by atoms with Crippen LogP contribution in [0.5, 0.6) is 0 Å². The Kier molecular flexibility index (Phi) is 3.25. The van der Waals surface area contributed by atoms with Crippen LogP contribution in [-0.2, 0) is 11.2 Å². The Hall–Kier alpha value is -1.58. The molecule has 1 aromatic rings. The Morgan fingerprint density at radius 1 is 1.77 bits per heavy atom. The van der Waals surface area contributed by atoms with Gasteiger partial charge in [-0.1, -0.05) is 6.58 Å². The lowest BCUT2D eigenvalue weighted by Gasteiger charge is -2.02. The zero-order valence-electron chi connectivity index (χ0n) is 7.63. The van der Waals surface area contributed by atoms with Crippen molar-refractivity contribution >= 4 is 5.91 Å². The number of hydrogen-bond donors (Lipinski definition) is 2. The molecule has 0 radical (unpaired) electrons.